The van der Waals surface area contributed by atoms with Gasteiger partial charge in [0.15, 0.2) is 0 Å². The van der Waals surface area contributed by atoms with Gasteiger partial charge in [0, 0.05) is 10.6 Å². The van der Waals surface area contributed by atoms with Crippen LogP contribution in [0.5, 0.6) is 0 Å². The maximum atomic E-state index is 12.7. The molecule has 0 aliphatic carbocycles. The van der Waals surface area contributed by atoms with E-state index in [2.05, 4.69) is 20.5 Å². The lowest BCUT2D eigenvalue weighted by Gasteiger charge is -2.11. The third kappa shape index (κ3) is 4.34. The van der Waals surface area contributed by atoms with Gasteiger partial charge < -0.3 is 11.1 Å². The van der Waals surface area contributed by atoms with Gasteiger partial charge >= 0.3 is 6.18 Å². The summed E-state index contributed by atoms with van der Waals surface area (Å²) < 4.78 is 50.7. The second-order valence-corrected chi connectivity index (χ2v) is 7.46. The molecule has 0 saturated heterocycles. The Balaban J connectivity index is 1.88. The van der Waals surface area contributed by atoms with Crippen molar-refractivity contribution >= 4 is 51.6 Å². The van der Waals surface area contributed by atoms with Crippen LogP contribution in [0.4, 0.5) is 30.8 Å². The van der Waals surface area contributed by atoms with Crippen molar-refractivity contribution in [2.24, 2.45) is 0 Å². The fourth-order valence-corrected chi connectivity index (χ4v) is 4.15. The minimum atomic E-state index is -4.48. The standard InChI is InChI=1S/C15H10Cl2F3N5OS/c16-10-5-8(22-14-23-13(21)24-25-14)6-11(17)12(10)27(26)9-3-1-7(2-4-9)15(18,19)20/h1-6H,(H4,21,22,23,24,25). The van der Waals surface area contributed by atoms with Crippen molar-refractivity contribution in [1.29, 1.82) is 0 Å². The van der Waals surface area contributed by atoms with Gasteiger partial charge in [0.1, 0.15) is 0 Å². The van der Waals surface area contributed by atoms with E-state index in [-0.39, 0.29) is 31.7 Å². The van der Waals surface area contributed by atoms with Gasteiger partial charge in [0.05, 0.1) is 31.3 Å². The zero-order chi connectivity index (χ0) is 19.8. The molecule has 27 heavy (non-hydrogen) atoms. The molecule has 142 valence electrons. The van der Waals surface area contributed by atoms with Crippen LogP contribution in [0, 0.1) is 0 Å². The predicted molar refractivity (Wildman–Crippen MR) is 96.7 cm³/mol. The van der Waals surface area contributed by atoms with Crippen LogP contribution in [0.25, 0.3) is 0 Å². The molecule has 0 bridgehead atoms. The highest BCUT2D eigenvalue weighted by Gasteiger charge is 2.30. The number of hydrogen-bond acceptors (Lipinski definition) is 5. The van der Waals surface area contributed by atoms with E-state index in [9.17, 15) is 17.4 Å². The Morgan fingerprint density at radius 1 is 1.11 bits per heavy atom. The molecule has 3 aromatic rings. The van der Waals surface area contributed by atoms with Gasteiger partial charge in [-0.25, -0.2) is 9.31 Å². The highest BCUT2D eigenvalue weighted by atomic mass is 35.5. The fraction of sp³-hybridized carbons (Fsp3) is 0.0667. The summed E-state index contributed by atoms with van der Waals surface area (Å²) in [4.78, 5) is 4.08. The molecule has 0 amide bonds. The van der Waals surface area contributed by atoms with Gasteiger partial charge in [-0.1, -0.05) is 23.2 Å². The van der Waals surface area contributed by atoms with E-state index in [4.69, 9.17) is 28.9 Å². The smallest absolute Gasteiger partial charge is 0.368 e. The molecular formula is C15H10Cl2F3N5OS. The van der Waals surface area contributed by atoms with Crippen molar-refractivity contribution in [2.45, 2.75) is 16.0 Å². The van der Waals surface area contributed by atoms with E-state index in [1.807, 2.05) is 0 Å². The highest BCUT2D eigenvalue weighted by molar-refractivity contribution is 7.85. The number of aromatic amines is 1. The molecule has 0 spiro atoms. The number of rotatable bonds is 4. The SMILES string of the molecule is Nc1nc(Nc2cc(Cl)c(S(=O)c3ccc(C(F)(F)F)cc3)c(Cl)c2)n[nH]1. The number of anilines is 3. The quantitative estimate of drug-likeness (QED) is 0.555. The lowest BCUT2D eigenvalue weighted by atomic mass is 10.2. The average molecular weight is 436 g/mol. The molecule has 0 aliphatic heterocycles. The third-order valence-electron chi connectivity index (χ3n) is 3.34. The second kappa shape index (κ2) is 7.37. The van der Waals surface area contributed by atoms with Crippen LogP contribution in [-0.4, -0.2) is 19.4 Å². The number of alkyl halides is 3. The highest BCUT2D eigenvalue weighted by Crippen LogP contribution is 2.36. The number of nitrogens with one attached hydrogen (secondary N) is 2. The monoisotopic (exact) mass is 435 g/mol. The van der Waals surface area contributed by atoms with E-state index >= 15 is 0 Å². The lowest BCUT2D eigenvalue weighted by molar-refractivity contribution is -0.137. The minimum Gasteiger partial charge on any atom is -0.368 e. The number of nitrogen functional groups attached to an aromatic ring is 1. The van der Waals surface area contributed by atoms with Gasteiger partial charge in [-0.3, -0.25) is 0 Å². The van der Waals surface area contributed by atoms with Crippen LogP contribution in [0.3, 0.4) is 0 Å². The first-order valence-corrected chi connectivity index (χ1v) is 9.08. The van der Waals surface area contributed by atoms with Crippen LogP contribution in [0.15, 0.2) is 46.2 Å². The maximum absolute atomic E-state index is 12.7. The van der Waals surface area contributed by atoms with Crippen LogP contribution < -0.4 is 11.1 Å². The summed E-state index contributed by atoms with van der Waals surface area (Å²) >= 11 is 12.4. The Kier molecular flexibility index (Phi) is 5.31. The number of H-pyrrole nitrogens is 1. The summed E-state index contributed by atoms with van der Waals surface area (Å²) in [6, 6.07) is 6.81. The maximum Gasteiger partial charge on any atom is 0.416 e. The summed E-state index contributed by atoms with van der Waals surface area (Å²) in [5.74, 6) is 0.283. The molecule has 12 heteroatoms. The largest absolute Gasteiger partial charge is 0.416 e. The number of aromatic nitrogens is 3. The van der Waals surface area contributed by atoms with Crippen LogP contribution in [0.1, 0.15) is 5.56 Å². The Labute approximate surface area is 163 Å². The molecule has 0 radical (unpaired) electrons. The zero-order valence-electron chi connectivity index (χ0n) is 13.1. The average Bonchev–Trinajstić information content (AvgIpc) is 2.98. The minimum absolute atomic E-state index is 0.0618. The van der Waals surface area contributed by atoms with Gasteiger partial charge in [-0.2, -0.15) is 18.2 Å². The van der Waals surface area contributed by atoms with Gasteiger partial charge in [0.2, 0.25) is 11.9 Å². The lowest BCUT2D eigenvalue weighted by Crippen LogP contribution is -2.05. The summed E-state index contributed by atoms with van der Waals surface area (Å²) in [5.41, 5.74) is 5.00. The molecule has 3 rings (SSSR count). The van der Waals surface area contributed by atoms with E-state index in [0.29, 0.717) is 5.69 Å². The number of hydrogen-bond donors (Lipinski definition) is 3. The van der Waals surface area contributed by atoms with Crippen LogP contribution >= 0.6 is 23.2 Å². The first-order valence-electron chi connectivity index (χ1n) is 7.18. The topological polar surface area (TPSA) is 96.7 Å². The summed E-state index contributed by atoms with van der Waals surface area (Å²) in [7, 11) is -1.87. The number of halogens is 5. The van der Waals surface area contributed by atoms with Crippen molar-refractivity contribution in [2.75, 3.05) is 11.1 Å². The summed E-state index contributed by atoms with van der Waals surface area (Å²) in [5, 5.41) is 9.17. The molecule has 6 nitrogen and oxygen atoms in total. The Bertz CT molecular complexity index is 984. The van der Waals surface area contributed by atoms with Gasteiger partial charge in [-0.15, -0.1) is 5.10 Å². The molecule has 1 aromatic heterocycles. The number of benzene rings is 2. The molecule has 2 aromatic carbocycles. The van der Waals surface area contributed by atoms with Crippen molar-refractivity contribution in [3.05, 3.63) is 52.0 Å². The molecule has 1 heterocycles. The molecule has 4 N–H and O–H groups in total. The predicted octanol–water partition coefficient (Wildman–Crippen LogP) is 4.62. The van der Waals surface area contributed by atoms with Crippen molar-refractivity contribution < 1.29 is 17.4 Å². The normalized spacial score (nSPS) is 12.8. The second-order valence-electron chi connectivity index (χ2n) is 5.23. The van der Waals surface area contributed by atoms with Crippen LogP contribution in [-0.2, 0) is 17.0 Å². The summed E-state index contributed by atoms with van der Waals surface area (Å²) in [6.45, 7) is 0. The van der Waals surface area contributed by atoms with Gasteiger partial charge in [0.25, 0.3) is 0 Å². The van der Waals surface area contributed by atoms with E-state index in [0.717, 1.165) is 24.3 Å². The van der Waals surface area contributed by atoms with E-state index in [1.165, 1.54) is 12.1 Å². The van der Waals surface area contributed by atoms with Crippen LogP contribution in [0.2, 0.25) is 10.0 Å². The molecule has 1 atom stereocenters. The van der Waals surface area contributed by atoms with E-state index < -0.39 is 22.5 Å². The number of nitrogens with two attached hydrogens (primary N) is 1. The third-order valence-corrected chi connectivity index (χ3v) is 5.67. The molecule has 0 fully saturated rings. The molecular weight excluding hydrogens is 426 g/mol. The van der Waals surface area contributed by atoms with Gasteiger partial charge in [-0.05, 0) is 36.4 Å². The van der Waals surface area contributed by atoms with E-state index in [1.54, 1.807) is 0 Å². The Morgan fingerprint density at radius 3 is 2.19 bits per heavy atom. The van der Waals surface area contributed by atoms with Crippen molar-refractivity contribution in [3.8, 4) is 0 Å². The van der Waals surface area contributed by atoms with Crippen molar-refractivity contribution in [3.63, 3.8) is 0 Å². The number of nitrogens with zero attached hydrogens (tertiary/aromatic N) is 2. The Morgan fingerprint density at radius 2 is 1.70 bits per heavy atom. The molecule has 0 saturated carbocycles. The molecule has 1 unspecified atom stereocenters. The zero-order valence-corrected chi connectivity index (χ0v) is 15.5. The molecule has 0 aliphatic rings. The Hall–Kier alpha value is -2.30. The summed E-state index contributed by atoms with van der Waals surface area (Å²) in [6.07, 6.45) is -4.48. The first kappa shape index (κ1) is 19.5. The van der Waals surface area contributed by atoms with Crippen molar-refractivity contribution in [1.82, 2.24) is 15.2 Å². The fourth-order valence-electron chi connectivity index (χ4n) is 2.15. The first-order chi connectivity index (χ1) is 12.6.